The molecule has 3 fully saturated rings. The SMILES string of the molecule is O=C1CN(CC2CC2)C(=O)N1[C@H]1CCCN(C[C@H]2COc3ccccc3O2)C1. The minimum atomic E-state index is -0.0880. The highest BCUT2D eigenvalue weighted by molar-refractivity contribution is 6.02. The number of fused-ring (bicyclic) bond motifs is 1. The number of rotatable bonds is 5. The van der Waals surface area contributed by atoms with Crippen molar-refractivity contribution in [1.82, 2.24) is 14.7 Å². The molecule has 0 bridgehead atoms. The van der Waals surface area contributed by atoms with Gasteiger partial charge in [-0.2, -0.15) is 0 Å². The largest absolute Gasteiger partial charge is 0.486 e. The quantitative estimate of drug-likeness (QED) is 0.725. The maximum absolute atomic E-state index is 12.8. The third kappa shape index (κ3) is 3.55. The van der Waals surface area contributed by atoms with Crippen LogP contribution in [0.1, 0.15) is 25.7 Å². The first-order valence-corrected chi connectivity index (χ1v) is 10.4. The first kappa shape index (κ1) is 17.8. The van der Waals surface area contributed by atoms with Crippen molar-refractivity contribution in [3.8, 4) is 11.5 Å². The topological polar surface area (TPSA) is 62.3 Å². The summed E-state index contributed by atoms with van der Waals surface area (Å²) in [5.74, 6) is 2.14. The van der Waals surface area contributed by atoms with Crippen molar-refractivity contribution in [3.05, 3.63) is 24.3 Å². The molecule has 3 aliphatic heterocycles. The van der Waals surface area contributed by atoms with Crippen molar-refractivity contribution in [2.75, 3.05) is 39.3 Å². The molecule has 2 saturated heterocycles. The van der Waals surface area contributed by atoms with E-state index >= 15 is 0 Å². The van der Waals surface area contributed by atoms with Crippen molar-refractivity contribution in [2.24, 2.45) is 5.92 Å². The minimum absolute atomic E-state index is 0.0326. The van der Waals surface area contributed by atoms with Crippen LogP contribution in [-0.2, 0) is 4.79 Å². The fraction of sp³-hybridized carbons (Fsp3) is 0.619. The fourth-order valence-electron chi connectivity index (χ4n) is 4.53. The van der Waals surface area contributed by atoms with Gasteiger partial charge in [-0.3, -0.25) is 14.6 Å². The lowest BCUT2D eigenvalue weighted by molar-refractivity contribution is -0.127. The number of likely N-dealkylation sites (tertiary alicyclic amines) is 1. The van der Waals surface area contributed by atoms with Gasteiger partial charge in [0.1, 0.15) is 19.3 Å². The van der Waals surface area contributed by atoms with E-state index in [1.807, 2.05) is 24.3 Å². The lowest BCUT2D eigenvalue weighted by Crippen LogP contribution is -2.53. The molecule has 7 heteroatoms. The van der Waals surface area contributed by atoms with Crippen molar-refractivity contribution in [3.63, 3.8) is 0 Å². The number of ether oxygens (including phenoxy) is 2. The third-order valence-corrected chi connectivity index (χ3v) is 6.12. The average molecular weight is 385 g/mol. The summed E-state index contributed by atoms with van der Waals surface area (Å²) in [5, 5.41) is 0. The number of hydrogen-bond donors (Lipinski definition) is 0. The first-order valence-electron chi connectivity index (χ1n) is 10.4. The van der Waals surface area contributed by atoms with E-state index in [2.05, 4.69) is 4.90 Å². The van der Waals surface area contributed by atoms with Gasteiger partial charge in [0, 0.05) is 19.6 Å². The minimum Gasteiger partial charge on any atom is -0.486 e. The molecular weight excluding hydrogens is 358 g/mol. The normalized spacial score (nSPS) is 28.1. The van der Waals surface area contributed by atoms with Crippen LogP contribution in [0.2, 0.25) is 0 Å². The predicted molar refractivity (Wildman–Crippen MR) is 102 cm³/mol. The molecule has 0 spiro atoms. The molecule has 1 aromatic carbocycles. The number of carbonyl (C=O) groups excluding carboxylic acids is 2. The van der Waals surface area contributed by atoms with Crippen molar-refractivity contribution in [2.45, 2.75) is 37.8 Å². The Morgan fingerprint density at radius 2 is 1.86 bits per heavy atom. The molecule has 0 radical (unpaired) electrons. The van der Waals surface area contributed by atoms with E-state index in [4.69, 9.17) is 9.47 Å². The molecule has 0 aromatic heterocycles. The van der Waals surface area contributed by atoms with Crippen LogP contribution in [0.25, 0.3) is 0 Å². The second-order valence-electron chi connectivity index (χ2n) is 8.42. The Hall–Kier alpha value is -2.28. The standard InChI is InChI=1S/C21H27N3O4/c25-20-13-23(10-15-7-8-15)21(26)24(20)16-4-3-9-22(11-16)12-17-14-27-18-5-1-2-6-19(18)28-17/h1-2,5-6,15-17H,3-4,7-14H2/t16-,17-/m0/s1. The number of benzene rings is 1. The van der Waals surface area contributed by atoms with E-state index in [1.54, 1.807) is 4.90 Å². The number of piperidine rings is 1. The number of amides is 3. The summed E-state index contributed by atoms with van der Waals surface area (Å²) in [6.45, 7) is 3.93. The first-order chi connectivity index (χ1) is 13.7. The van der Waals surface area contributed by atoms with E-state index in [1.165, 1.54) is 17.7 Å². The molecular formula is C21H27N3O4. The van der Waals surface area contributed by atoms with Crippen LogP contribution < -0.4 is 9.47 Å². The summed E-state index contributed by atoms with van der Waals surface area (Å²) < 4.78 is 11.9. The number of nitrogens with zero attached hydrogens (tertiary/aromatic N) is 3. The van der Waals surface area contributed by atoms with Gasteiger partial charge in [-0.1, -0.05) is 12.1 Å². The summed E-state index contributed by atoms with van der Waals surface area (Å²) in [6.07, 6.45) is 4.19. The zero-order chi connectivity index (χ0) is 19.1. The Bertz CT molecular complexity index is 766. The van der Waals surface area contributed by atoms with Gasteiger partial charge in [-0.15, -0.1) is 0 Å². The number of para-hydroxylation sites is 2. The summed E-state index contributed by atoms with van der Waals surface area (Å²) in [4.78, 5) is 30.9. The lowest BCUT2D eigenvalue weighted by atomic mass is 10.0. The molecule has 3 heterocycles. The van der Waals surface area contributed by atoms with E-state index in [0.717, 1.165) is 50.5 Å². The van der Waals surface area contributed by atoms with Gasteiger partial charge in [0.15, 0.2) is 11.5 Å². The van der Waals surface area contributed by atoms with Crippen molar-refractivity contribution in [1.29, 1.82) is 0 Å². The fourth-order valence-corrected chi connectivity index (χ4v) is 4.53. The zero-order valence-electron chi connectivity index (χ0n) is 16.1. The van der Waals surface area contributed by atoms with E-state index in [9.17, 15) is 9.59 Å². The van der Waals surface area contributed by atoms with Crippen LogP contribution in [0.4, 0.5) is 4.79 Å². The van der Waals surface area contributed by atoms with Gasteiger partial charge in [-0.25, -0.2) is 4.79 Å². The molecule has 4 aliphatic rings. The molecule has 1 saturated carbocycles. The highest BCUT2D eigenvalue weighted by Gasteiger charge is 2.43. The lowest BCUT2D eigenvalue weighted by Gasteiger charge is -2.38. The summed E-state index contributed by atoms with van der Waals surface area (Å²) in [6, 6.07) is 7.61. The Balaban J connectivity index is 1.19. The van der Waals surface area contributed by atoms with Crippen LogP contribution in [-0.4, -0.2) is 78.1 Å². The van der Waals surface area contributed by atoms with Crippen LogP contribution in [0.5, 0.6) is 11.5 Å². The molecule has 0 N–H and O–H groups in total. The number of carbonyl (C=O) groups is 2. The van der Waals surface area contributed by atoms with Crippen LogP contribution in [0.15, 0.2) is 24.3 Å². The van der Waals surface area contributed by atoms with E-state index in [0.29, 0.717) is 12.5 Å². The molecule has 28 heavy (non-hydrogen) atoms. The number of urea groups is 1. The Kier molecular flexibility index (Phi) is 4.62. The van der Waals surface area contributed by atoms with Gasteiger partial charge < -0.3 is 14.4 Å². The highest BCUT2D eigenvalue weighted by Crippen LogP contribution is 2.33. The third-order valence-electron chi connectivity index (χ3n) is 6.12. The van der Waals surface area contributed by atoms with Gasteiger partial charge in [0.05, 0.1) is 6.04 Å². The highest BCUT2D eigenvalue weighted by atomic mass is 16.6. The smallest absolute Gasteiger partial charge is 0.327 e. The summed E-state index contributed by atoms with van der Waals surface area (Å²) in [5.41, 5.74) is 0. The average Bonchev–Trinajstić information content (AvgIpc) is 3.47. The summed E-state index contributed by atoms with van der Waals surface area (Å²) >= 11 is 0. The van der Waals surface area contributed by atoms with Gasteiger partial charge in [-0.05, 0) is 50.3 Å². The molecule has 3 amide bonds. The Morgan fingerprint density at radius 3 is 2.68 bits per heavy atom. The maximum Gasteiger partial charge on any atom is 0.327 e. The van der Waals surface area contributed by atoms with Gasteiger partial charge in [0.25, 0.3) is 5.91 Å². The monoisotopic (exact) mass is 385 g/mol. The van der Waals surface area contributed by atoms with Crippen LogP contribution in [0.3, 0.4) is 0 Å². The van der Waals surface area contributed by atoms with Crippen LogP contribution >= 0.6 is 0 Å². The second-order valence-corrected chi connectivity index (χ2v) is 8.42. The molecule has 5 rings (SSSR count). The van der Waals surface area contributed by atoms with Crippen molar-refractivity contribution < 1.29 is 19.1 Å². The second kappa shape index (κ2) is 7.28. The zero-order valence-corrected chi connectivity index (χ0v) is 16.1. The summed E-state index contributed by atoms with van der Waals surface area (Å²) in [7, 11) is 0. The molecule has 2 atom stereocenters. The molecule has 0 unspecified atom stereocenters. The van der Waals surface area contributed by atoms with Crippen LogP contribution in [0, 0.1) is 5.92 Å². The van der Waals surface area contributed by atoms with Gasteiger partial charge >= 0.3 is 6.03 Å². The molecule has 1 aromatic rings. The number of imide groups is 1. The Morgan fingerprint density at radius 1 is 1.04 bits per heavy atom. The van der Waals surface area contributed by atoms with Crippen molar-refractivity contribution >= 4 is 11.9 Å². The van der Waals surface area contributed by atoms with Gasteiger partial charge in [0.2, 0.25) is 0 Å². The maximum atomic E-state index is 12.8. The Labute approximate surface area is 165 Å². The number of hydrogen-bond acceptors (Lipinski definition) is 5. The molecule has 7 nitrogen and oxygen atoms in total. The predicted octanol–water partition coefficient (Wildman–Crippen LogP) is 1.97. The van der Waals surface area contributed by atoms with E-state index in [-0.39, 0.29) is 30.6 Å². The molecule has 150 valence electrons. The molecule has 1 aliphatic carbocycles. The van der Waals surface area contributed by atoms with E-state index < -0.39 is 0 Å².